The molecule has 7 nitrogen and oxygen atoms in total. The van der Waals surface area contributed by atoms with Crippen LogP contribution < -0.4 is 9.62 Å². The molecule has 3 aromatic rings. The third kappa shape index (κ3) is 8.27. The molecule has 0 radical (unpaired) electrons. The lowest BCUT2D eigenvalue weighted by atomic mass is 10.1. The minimum Gasteiger partial charge on any atom is -0.350 e. The van der Waals surface area contributed by atoms with Crippen molar-refractivity contribution < 1.29 is 18.0 Å². The van der Waals surface area contributed by atoms with E-state index in [-0.39, 0.29) is 17.3 Å². The van der Waals surface area contributed by atoms with E-state index in [4.69, 9.17) is 23.2 Å². The molecule has 0 saturated heterocycles. The Balaban J connectivity index is 2.14. The van der Waals surface area contributed by atoms with Crippen molar-refractivity contribution in [3.63, 3.8) is 0 Å². The van der Waals surface area contributed by atoms with Crippen molar-refractivity contribution in [2.75, 3.05) is 10.8 Å². The second kappa shape index (κ2) is 13.5. The lowest BCUT2D eigenvalue weighted by molar-refractivity contribution is -0.141. The van der Waals surface area contributed by atoms with Crippen molar-refractivity contribution >= 4 is 50.7 Å². The maximum atomic E-state index is 14.3. The maximum Gasteiger partial charge on any atom is 0.264 e. The second-order valence-corrected chi connectivity index (χ2v) is 14.2. The summed E-state index contributed by atoms with van der Waals surface area (Å²) in [6.45, 7) is 12.4. The number of rotatable bonds is 10. The molecule has 0 aliphatic carbocycles. The van der Waals surface area contributed by atoms with E-state index >= 15 is 0 Å². The topological polar surface area (TPSA) is 86.8 Å². The molecule has 1 N–H and O–H groups in total. The van der Waals surface area contributed by atoms with Crippen LogP contribution in [0.25, 0.3) is 0 Å². The molecule has 10 heteroatoms. The highest BCUT2D eigenvalue weighted by molar-refractivity contribution is 7.92. The summed E-state index contributed by atoms with van der Waals surface area (Å²) in [5.41, 5.74) is 2.86. The molecule has 3 aromatic carbocycles. The number of hydrogen-bond acceptors (Lipinski definition) is 4. The Morgan fingerprint density at radius 3 is 2.10 bits per heavy atom. The average molecular weight is 633 g/mol. The van der Waals surface area contributed by atoms with Crippen molar-refractivity contribution in [3.05, 3.63) is 93.0 Å². The zero-order valence-corrected chi connectivity index (χ0v) is 27.5. The number of carbonyl (C=O) groups excluding carboxylic acids is 2. The Labute approximate surface area is 259 Å². The van der Waals surface area contributed by atoms with Gasteiger partial charge in [0.05, 0.1) is 10.6 Å². The predicted octanol–water partition coefficient (Wildman–Crippen LogP) is 6.84. The first-order valence-corrected chi connectivity index (χ1v) is 15.9. The van der Waals surface area contributed by atoms with Crippen LogP contribution >= 0.6 is 23.2 Å². The Hall–Kier alpha value is -3.07. The van der Waals surface area contributed by atoms with Gasteiger partial charge in [-0.15, -0.1) is 0 Å². The van der Waals surface area contributed by atoms with Gasteiger partial charge in [0.2, 0.25) is 11.8 Å². The molecule has 0 heterocycles. The van der Waals surface area contributed by atoms with Crippen LogP contribution in [0.15, 0.2) is 65.6 Å². The molecule has 0 aromatic heterocycles. The normalized spacial score (nSPS) is 12.5. The van der Waals surface area contributed by atoms with Crippen molar-refractivity contribution in [2.24, 2.45) is 0 Å². The fourth-order valence-electron chi connectivity index (χ4n) is 4.54. The molecule has 3 rings (SSSR count). The second-order valence-electron chi connectivity index (χ2n) is 11.5. The predicted molar refractivity (Wildman–Crippen MR) is 171 cm³/mol. The molecule has 0 aliphatic heterocycles. The van der Waals surface area contributed by atoms with Gasteiger partial charge in [0.1, 0.15) is 12.6 Å². The Morgan fingerprint density at radius 2 is 1.52 bits per heavy atom. The Kier molecular flexibility index (Phi) is 10.7. The summed E-state index contributed by atoms with van der Waals surface area (Å²) in [7, 11) is -4.17. The molecule has 0 bridgehead atoms. The molecule has 2 amide bonds. The van der Waals surface area contributed by atoms with Crippen LogP contribution in [0.3, 0.4) is 0 Å². The van der Waals surface area contributed by atoms with Crippen molar-refractivity contribution in [1.82, 2.24) is 10.2 Å². The molecule has 0 aliphatic rings. The van der Waals surface area contributed by atoms with E-state index in [0.717, 1.165) is 15.4 Å². The number of sulfonamides is 1. The molecule has 0 unspecified atom stereocenters. The van der Waals surface area contributed by atoms with Crippen molar-refractivity contribution in [1.29, 1.82) is 0 Å². The average Bonchev–Trinajstić information content (AvgIpc) is 2.89. The first-order chi connectivity index (χ1) is 19.5. The SMILES string of the molecule is CC[C@H](C(=O)NC(C)(C)C)N(Cc1ccc(Cl)cc1Cl)C(=O)CN(c1cc(C)ccc1C)S(=O)(=O)c1ccc(C)cc1. The van der Waals surface area contributed by atoms with E-state index in [9.17, 15) is 18.0 Å². The fraction of sp³-hybridized carbons (Fsp3) is 0.375. The van der Waals surface area contributed by atoms with Gasteiger partial charge in [0.15, 0.2) is 0 Å². The maximum absolute atomic E-state index is 14.3. The van der Waals surface area contributed by atoms with Crippen LogP contribution in [0.1, 0.15) is 56.4 Å². The van der Waals surface area contributed by atoms with Crippen LogP contribution in [-0.2, 0) is 26.2 Å². The highest BCUT2D eigenvalue weighted by Gasteiger charge is 2.35. The number of anilines is 1. The van der Waals surface area contributed by atoms with Gasteiger partial charge < -0.3 is 10.2 Å². The molecule has 1 atom stereocenters. The third-order valence-electron chi connectivity index (χ3n) is 6.76. The molecular formula is C32H39Cl2N3O4S. The summed E-state index contributed by atoms with van der Waals surface area (Å²) in [5, 5.41) is 3.73. The largest absolute Gasteiger partial charge is 0.350 e. The van der Waals surface area contributed by atoms with Gasteiger partial charge in [-0.3, -0.25) is 13.9 Å². The summed E-state index contributed by atoms with van der Waals surface area (Å²) in [4.78, 5) is 29.2. The van der Waals surface area contributed by atoms with E-state index < -0.39 is 34.1 Å². The number of nitrogens with one attached hydrogen (secondary N) is 1. The Bertz CT molecular complexity index is 1550. The van der Waals surface area contributed by atoms with Gasteiger partial charge >= 0.3 is 0 Å². The van der Waals surface area contributed by atoms with Crippen LogP contribution in [0.2, 0.25) is 10.0 Å². The van der Waals surface area contributed by atoms with Gasteiger partial charge in [0, 0.05) is 22.1 Å². The monoisotopic (exact) mass is 631 g/mol. The van der Waals surface area contributed by atoms with Gasteiger partial charge in [-0.25, -0.2) is 8.42 Å². The highest BCUT2D eigenvalue weighted by Crippen LogP contribution is 2.30. The standard InChI is InChI=1S/C32H39Cl2N3O4S/c1-8-28(31(39)35-32(5,6)7)36(19-24-13-14-25(33)18-27(24)34)30(38)20-37(29-17-22(3)9-12-23(29)4)42(40,41)26-15-10-21(2)11-16-26/h9-18,28H,8,19-20H2,1-7H3,(H,35,39)/t28-/m1/s1. The molecule has 0 fully saturated rings. The van der Waals surface area contributed by atoms with E-state index in [1.165, 1.54) is 17.0 Å². The van der Waals surface area contributed by atoms with Crippen LogP contribution in [0, 0.1) is 20.8 Å². The van der Waals surface area contributed by atoms with Crippen molar-refractivity contribution in [3.8, 4) is 0 Å². The quantitative estimate of drug-likeness (QED) is 0.265. The lowest BCUT2D eigenvalue weighted by Gasteiger charge is -2.35. The molecule has 226 valence electrons. The first-order valence-electron chi connectivity index (χ1n) is 13.8. The van der Waals surface area contributed by atoms with E-state index in [0.29, 0.717) is 33.3 Å². The van der Waals surface area contributed by atoms with Crippen LogP contribution in [-0.4, -0.2) is 43.3 Å². The smallest absolute Gasteiger partial charge is 0.264 e. The molecule has 0 spiro atoms. The van der Waals surface area contributed by atoms with Crippen molar-refractivity contribution in [2.45, 2.75) is 77.9 Å². The zero-order valence-electron chi connectivity index (χ0n) is 25.2. The number of nitrogens with zero attached hydrogens (tertiary/aromatic N) is 2. The first kappa shape index (κ1) is 33.4. The number of carbonyl (C=O) groups is 2. The fourth-order valence-corrected chi connectivity index (χ4v) is 6.48. The number of halogens is 2. The summed E-state index contributed by atoms with van der Waals surface area (Å²) in [6.07, 6.45) is 0.299. The van der Waals surface area contributed by atoms with Gasteiger partial charge in [-0.05, 0) is 95.0 Å². The Morgan fingerprint density at radius 1 is 0.905 bits per heavy atom. The summed E-state index contributed by atoms with van der Waals surface area (Å²) < 4.78 is 29.4. The van der Waals surface area contributed by atoms with E-state index in [2.05, 4.69) is 5.32 Å². The van der Waals surface area contributed by atoms with Crippen LogP contribution in [0.5, 0.6) is 0 Å². The van der Waals surface area contributed by atoms with Gasteiger partial charge in [0.25, 0.3) is 10.0 Å². The minimum atomic E-state index is -4.17. The summed E-state index contributed by atoms with van der Waals surface area (Å²) >= 11 is 12.6. The minimum absolute atomic E-state index is 0.0177. The van der Waals surface area contributed by atoms with Gasteiger partial charge in [-0.2, -0.15) is 0 Å². The number of amides is 2. The lowest BCUT2D eigenvalue weighted by Crippen LogP contribution is -2.55. The number of hydrogen-bond donors (Lipinski definition) is 1. The highest BCUT2D eigenvalue weighted by atomic mass is 35.5. The summed E-state index contributed by atoms with van der Waals surface area (Å²) in [6, 6.07) is 16.0. The summed E-state index contributed by atoms with van der Waals surface area (Å²) in [5.74, 6) is -0.892. The molecular weight excluding hydrogens is 593 g/mol. The van der Waals surface area contributed by atoms with Gasteiger partial charge in [-0.1, -0.05) is 66.0 Å². The zero-order chi connectivity index (χ0) is 31.4. The van der Waals surface area contributed by atoms with E-state index in [1.807, 2.05) is 53.7 Å². The van der Waals surface area contributed by atoms with Crippen LogP contribution in [0.4, 0.5) is 5.69 Å². The third-order valence-corrected chi connectivity index (χ3v) is 9.12. The number of aryl methyl sites for hydroxylation is 3. The number of benzene rings is 3. The molecule has 42 heavy (non-hydrogen) atoms. The molecule has 0 saturated carbocycles. The van der Waals surface area contributed by atoms with E-state index in [1.54, 1.807) is 43.3 Å².